The minimum atomic E-state index is -1.07. The average Bonchev–Trinajstić information content (AvgIpc) is 2.83. The average molecular weight is 306 g/mol. The van der Waals surface area contributed by atoms with Crippen LogP contribution in [0.3, 0.4) is 0 Å². The predicted molar refractivity (Wildman–Crippen MR) is 78.8 cm³/mol. The summed E-state index contributed by atoms with van der Waals surface area (Å²) < 4.78 is 5.13. The number of carbonyl (C=O) groups is 2. The SMILES string of the molecule is Cc1nc(CC(=O)Nc2ccccc2OCC(=O)O)cs1. The summed E-state index contributed by atoms with van der Waals surface area (Å²) in [6.45, 7) is 1.42. The number of amides is 1. The molecule has 0 radical (unpaired) electrons. The summed E-state index contributed by atoms with van der Waals surface area (Å²) >= 11 is 1.49. The van der Waals surface area contributed by atoms with Crippen LogP contribution in [0.1, 0.15) is 10.7 Å². The molecule has 0 atom stereocenters. The zero-order chi connectivity index (χ0) is 15.2. The fraction of sp³-hybridized carbons (Fsp3) is 0.214. The number of ether oxygens (including phenoxy) is 1. The number of nitrogens with one attached hydrogen (secondary N) is 1. The molecule has 1 aromatic carbocycles. The van der Waals surface area contributed by atoms with Gasteiger partial charge in [-0.1, -0.05) is 12.1 Å². The number of carboxylic acids is 1. The Morgan fingerprint density at radius 2 is 2.14 bits per heavy atom. The van der Waals surface area contributed by atoms with Gasteiger partial charge >= 0.3 is 5.97 Å². The Kier molecular flexibility index (Phi) is 4.89. The summed E-state index contributed by atoms with van der Waals surface area (Å²) in [7, 11) is 0. The first-order chi connectivity index (χ1) is 10.0. The van der Waals surface area contributed by atoms with E-state index in [9.17, 15) is 9.59 Å². The van der Waals surface area contributed by atoms with Crippen molar-refractivity contribution in [1.82, 2.24) is 4.98 Å². The monoisotopic (exact) mass is 306 g/mol. The van der Waals surface area contributed by atoms with Crippen molar-refractivity contribution < 1.29 is 19.4 Å². The van der Waals surface area contributed by atoms with Gasteiger partial charge in [0.2, 0.25) is 5.91 Å². The first-order valence-electron chi connectivity index (χ1n) is 6.19. The van der Waals surface area contributed by atoms with Gasteiger partial charge in [-0.3, -0.25) is 4.79 Å². The lowest BCUT2D eigenvalue weighted by Crippen LogP contribution is -2.16. The number of aryl methyl sites for hydroxylation is 1. The van der Waals surface area contributed by atoms with Crippen molar-refractivity contribution >= 4 is 28.9 Å². The zero-order valence-electron chi connectivity index (χ0n) is 11.3. The van der Waals surface area contributed by atoms with Gasteiger partial charge in [0.05, 0.1) is 22.8 Å². The molecule has 7 heteroatoms. The second-order valence-corrected chi connectivity index (χ2v) is 5.32. The molecule has 1 aromatic heterocycles. The van der Waals surface area contributed by atoms with Gasteiger partial charge in [0.25, 0.3) is 0 Å². The Morgan fingerprint density at radius 3 is 2.81 bits per heavy atom. The summed E-state index contributed by atoms with van der Waals surface area (Å²) in [5.74, 6) is -0.983. The van der Waals surface area contributed by atoms with Gasteiger partial charge in [0.15, 0.2) is 6.61 Å². The van der Waals surface area contributed by atoms with E-state index in [1.165, 1.54) is 11.3 Å². The molecular formula is C14H14N2O4S. The number of para-hydroxylation sites is 2. The molecule has 2 N–H and O–H groups in total. The van der Waals surface area contributed by atoms with Crippen molar-refractivity contribution in [2.45, 2.75) is 13.3 Å². The highest BCUT2D eigenvalue weighted by Crippen LogP contribution is 2.23. The molecule has 2 aromatic rings. The summed E-state index contributed by atoms with van der Waals surface area (Å²) in [5, 5.41) is 14.1. The number of benzene rings is 1. The van der Waals surface area contributed by atoms with E-state index < -0.39 is 12.6 Å². The predicted octanol–water partition coefficient (Wildman–Crippen LogP) is 2.10. The van der Waals surface area contributed by atoms with Crippen molar-refractivity contribution in [3.63, 3.8) is 0 Å². The minimum absolute atomic E-state index is 0.164. The lowest BCUT2D eigenvalue weighted by molar-refractivity contribution is -0.139. The maximum absolute atomic E-state index is 12.0. The van der Waals surface area contributed by atoms with Gasteiger partial charge in [0.1, 0.15) is 5.75 Å². The number of anilines is 1. The maximum atomic E-state index is 12.0. The number of rotatable bonds is 6. The third-order valence-electron chi connectivity index (χ3n) is 2.52. The third kappa shape index (κ3) is 4.57. The molecular weight excluding hydrogens is 292 g/mol. The van der Waals surface area contributed by atoms with Crippen molar-refractivity contribution in [2.75, 3.05) is 11.9 Å². The van der Waals surface area contributed by atoms with Crippen LogP contribution in [-0.4, -0.2) is 28.6 Å². The number of hydrogen-bond donors (Lipinski definition) is 2. The maximum Gasteiger partial charge on any atom is 0.341 e. The molecule has 0 aliphatic carbocycles. The van der Waals surface area contributed by atoms with Crippen LogP contribution in [0, 0.1) is 6.92 Å². The van der Waals surface area contributed by atoms with E-state index in [0.717, 1.165) is 5.01 Å². The molecule has 21 heavy (non-hydrogen) atoms. The van der Waals surface area contributed by atoms with Crippen LogP contribution >= 0.6 is 11.3 Å². The van der Waals surface area contributed by atoms with Crippen LogP contribution in [-0.2, 0) is 16.0 Å². The van der Waals surface area contributed by atoms with E-state index in [4.69, 9.17) is 9.84 Å². The topological polar surface area (TPSA) is 88.5 Å². The number of nitrogens with zero attached hydrogens (tertiary/aromatic N) is 1. The molecule has 1 heterocycles. The highest BCUT2D eigenvalue weighted by Gasteiger charge is 2.10. The summed E-state index contributed by atoms with van der Waals surface area (Å²) in [6, 6.07) is 6.69. The second kappa shape index (κ2) is 6.85. The lowest BCUT2D eigenvalue weighted by Gasteiger charge is -2.10. The Bertz CT molecular complexity index is 654. The molecule has 110 valence electrons. The van der Waals surface area contributed by atoms with Gasteiger partial charge < -0.3 is 15.2 Å². The van der Waals surface area contributed by atoms with Crippen molar-refractivity contribution in [3.05, 3.63) is 40.3 Å². The van der Waals surface area contributed by atoms with Crippen LogP contribution in [0.4, 0.5) is 5.69 Å². The Hall–Kier alpha value is -2.41. The van der Waals surface area contributed by atoms with Gasteiger partial charge in [-0.25, -0.2) is 9.78 Å². The van der Waals surface area contributed by atoms with E-state index in [1.54, 1.807) is 24.3 Å². The first-order valence-corrected chi connectivity index (χ1v) is 7.07. The van der Waals surface area contributed by atoms with Crippen LogP contribution in [0.2, 0.25) is 0 Å². The van der Waals surface area contributed by atoms with E-state index in [1.807, 2.05) is 12.3 Å². The number of hydrogen-bond acceptors (Lipinski definition) is 5. The Morgan fingerprint density at radius 1 is 1.38 bits per heavy atom. The highest BCUT2D eigenvalue weighted by molar-refractivity contribution is 7.09. The van der Waals surface area contributed by atoms with Crippen molar-refractivity contribution in [1.29, 1.82) is 0 Å². The number of aliphatic carboxylic acids is 1. The molecule has 0 unspecified atom stereocenters. The van der Waals surface area contributed by atoms with Gasteiger partial charge in [0, 0.05) is 5.38 Å². The minimum Gasteiger partial charge on any atom is -0.480 e. The molecule has 0 aliphatic rings. The van der Waals surface area contributed by atoms with Crippen LogP contribution in [0.15, 0.2) is 29.6 Å². The van der Waals surface area contributed by atoms with E-state index in [0.29, 0.717) is 17.1 Å². The highest BCUT2D eigenvalue weighted by atomic mass is 32.1. The molecule has 0 bridgehead atoms. The second-order valence-electron chi connectivity index (χ2n) is 4.26. The normalized spacial score (nSPS) is 10.1. The van der Waals surface area contributed by atoms with E-state index in [-0.39, 0.29) is 12.3 Å². The summed E-state index contributed by atoms with van der Waals surface area (Å²) in [6.07, 6.45) is 0.164. The van der Waals surface area contributed by atoms with Crippen LogP contribution in [0.5, 0.6) is 5.75 Å². The number of carboxylic acid groups (broad SMARTS) is 1. The van der Waals surface area contributed by atoms with E-state index >= 15 is 0 Å². The Balaban J connectivity index is 2.01. The number of carbonyl (C=O) groups excluding carboxylic acids is 1. The number of thiazole rings is 1. The molecule has 0 aliphatic heterocycles. The van der Waals surface area contributed by atoms with Crippen LogP contribution < -0.4 is 10.1 Å². The lowest BCUT2D eigenvalue weighted by atomic mass is 10.2. The molecule has 1 amide bonds. The molecule has 0 saturated heterocycles. The van der Waals surface area contributed by atoms with Crippen molar-refractivity contribution in [2.24, 2.45) is 0 Å². The standard InChI is InChI=1S/C14H14N2O4S/c1-9-15-10(8-21-9)6-13(17)16-11-4-2-3-5-12(11)20-7-14(18)19/h2-5,8H,6-7H2,1H3,(H,16,17)(H,18,19). The largest absolute Gasteiger partial charge is 0.480 e. The van der Waals surface area contributed by atoms with Crippen LogP contribution in [0.25, 0.3) is 0 Å². The Labute approximate surface area is 125 Å². The first kappa shape index (κ1) is 15.0. The molecule has 0 spiro atoms. The summed E-state index contributed by atoms with van der Waals surface area (Å²) in [4.78, 5) is 26.7. The molecule has 0 fully saturated rings. The third-order valence-corrected chi connectivity index (χ3v) is 3.34. The van der Waals surface area contributed by atoms with E-state index in [2.05, 4.69) is 10.3 Å². The molecule has 2 rings (SSSR count). The number of aromatic nitrogens is 1. The van der Waals surface area contributed by atoms with Gasteiger partial charge in [-0.2, -0.15) is 0 Å². The fourth-order valence-corrected chi connectivity index (χ4v) is 2.30. The molecule has 6 nitrogen and oxygen atoms in total. The summed E-state index contributed by atoms with van der Waals surface area (Å²) in [5.41, 5.74) is 1.15. The van der Waals surface area contributed by atoms with Gasteiger partial charge in [-0.15, -0.1) is 11.3 Å². The molecule has 0 saturated carbocycles. The van der Waals surface area contributed by atoms with Crippen molar-refractivity contribution in [3.8, 4) is 5.75 Å². The fourth-order valence-electron chi connectivity index (χ4n) is 1.68. The zero-order valence-corrected chi connectivity index (χ0v) is 12.1. The smallest absolute Gasteiger partial charge is 0.341 e. The van der Waals surface area contributed by atoms with Gasteiger partial charge in [-0.05, 0) is 19.1 Å². The quantitative estimate of drug-likeness (QED) is 0.853.